The van der Waals surface area contributed by atoms with E-state index in [9.17, 15) is 8.42 Å². The Kier molecular flexibility index (Phi) is 4.80. The zero-order valence-corrected chi connectivity index (χ0v) is 12.4. The van der Waals surface area contributed by atoms with Crippen molar-refractivity contribution in [1.29, 1.82) is 0 Å². The van der Waals surface area contributed by atoms with Gasteiger partial charge in [-0.15, -0.1) is 0 Å². The minimum Gasteiger partial charge on any atom is -0.497 e. The van der Waals surface area contributed by atoms with E-state index in [-0.39, 0.29) is 0 Å². The third-order valence-electron chi connectivity index (χ3n) is 3.32. The number of hydrogen-bond acceptors (Lipinski definition) is 4. The number of rotatable bonds is 5. The summed E-state index contributed by atoms with van der Waals surface area (Å²) in [5.74, 6) is 0.644. The summed E-state index contributed by atoms with van der Waals surface area (Å²) in [6.45, 7) is 1.35. The number of hydrogen-bond donors (Lipinski definition) is 1. The highest BCUT2D eigenvalue weighted by Crippen LogP contribution is 2.26. The molecule has 0 saturated heterocycles. The van der Waals surface area contributed by atoms with Gasteiger partial charge in [0.05, 0.1) is 12.0 Å². The van der Waals surface area contributed by atoms with Gasteiger partial charge in [-0.25, -0.2) is 8.42 Å². The minimum atomic E-state index is -3.47. The Morgan fingerprint density at radius 3 is 2.75 bits per heavy atom. The van der Waals surface area contributed by atoms with Gasteiger partial charge >= 0.3 is 0 Å². The standard InChI is InChI=1S/C14H20N2O3S/c1-19-13-5-6-14(12(11-13)7-8-15)20(17,18)16-9-3-2-4-10-16/h2-3,5-6,11H,4,7-10,15H2,1H3. The highest BCUT2D eigenvalue weighted by atomic mass is 32.2. The Bertz CT molecular complexity index is 596. The van der Waals surface area contributed by atoms with Crippen LogP contribution in [0.5, 0.6) is 5.75 Å². The first-order valence-corrected chi connectivity index (χ1v) is 8.05. The van der Waals surface area contributed by atoms with E-state index in [0.29, 0.717) is 42.3 Å². The molecule has 0 bridgehead atoms. The average Bonchev–Trinajstić information content (AvgIpc) is 2.48. The lowest BCUT2D eigenvalue weighted by atomic mass is 10.1. The van der Waals surface area contributed by atoms with Gasteiger partial charge in [-0.05, 0) is 43.1 Å². The first kappa shape index (κ1) is 15.0. The summed E-state index contributed by atoms with van der Waals surface area (Å²) in [4.78, 5) is 0.332. The van der Waals surface area contributed by atoms with Crippen molar-refractivity contribution in [2.45, 2.75) is 17.7 Å². The molecule has 0 saturated carbocycles. The molecule has 1 aliphatic heterocycles. The quantitative estimate of drug-likeness (QED) is 0.827. The predicted octanol–water partition coefficient (Wildman–Crippen LogP) is 1.15. The lowest BCUT2D eigenvalue weighted by Gasteiger charge is -2.24. The lowest BCUT2D eigenvalue weighted by molar-refractivity contribution is 0.413. The molecule has 1 aromatic rings. The maximum Gasteiger partial charge on any atom is 0.243 e. The van der Waals surface area contributed by atoms with Gasteiger partial charge in [-0.1, -0.05) is 12.2 Å². The average molecular weight is 296 g/mol. The van der Waals surface area contributed by atoms with Gasteiger partial charge in [0.2, 0.25) is 10.0 Å². The van der Waals surface area contributed by atoms with E-state index in [0.717, 1.165) is 6.42 Å². The molecule has 2 N–H and O–H groups in total. The molecule has 0 aromatic heterocycles. The van der Waals surface area contributed by atoms with Crippen molar-refractivity contribution in [2.75, 3.05) is 26.7 Å². The van der Waals surface area contributed by atoms with Gasteiger partial charge in [0.25, 0.3) is 0 Å². The molecule has 20 heavy (non-hydrogen) atoms. The van der Waals surface area contributed by atoms with Crippen molar-refractivity contribution in [1.82, 2.24) is 4.31 Å². The Balaban J connectivity index is 2.42. The molecule has 0 radical (unpaired) electrons. The molecule has 0 unspecified atom stereocenters. The molecular formula is C14H20N2O3S. The number of nitrogens with zero attached hydrogens (tertiary/aromatic N) is 1. The van der Waals surface area contributed by atoms with E-state index in [4.69, 9.17) is 10.5 Å². The van der Waals surface area contributed by atoms with E-state index < -0.39 is 10.0 Å². The molecule has 0 spiro atoms. The monoisotopic (exact) mass is 296 g/mol. The number of methoxy groups -OCH3 is 1. The third kappa shape index (κ3) is 3.03. The number of benzene rings is 1. The van der Waals surface area contributed by atoms with Crippen LogP contribution in [0.3, 0.4) is 0 Å². The summed E-state index contributed by atoms with van der Waals surface area (Å²) in [7, 11) is -1.91. The SMILES string of the molecule is COc1ccc(S(=O)(=O)N2CC=CCC2)c(CCN)c1. The number of ether oxygens (including phenoxy) is 1. The van der Waals surface area contributed by atoms with Crippen molar-refractivity contribution in [3.63, 3.8) is 0 Å². The summed E-state index contributed by atoms with van der Waals surface area (Å²) in [6, 6.07) is 5.03. The Labute approximate surface area is 120 Å². The molecule has 5 nitrogen and oxygen atoms in total. The van der Waals surface area contributed by atoms with Crippen molar-refractivity contribution < 1.29 is 13.2 Å². The summed E-state index contributed by atoms with van der Waals surface area (Å²) in [5.41, 5.74) is 6.29. The predicted molar refractivity (Wildman–Crippen MR) is 78.3 cm³/mol. The second kappa shape index (κ2) is 6.39. The van der Waals surface area contributed by atoms with E-state index in [2.05, 4.69) is 0 Å². The summed E-state index contributed by atoms with van der Waals surface area (Å²) in [5, 5.41) is 0. The highest BCUT2D eigenvalue weighted by molar-refractivity contribution is 7.89. The van der Waals surface area contributed by atoms with Crippen LogP contribution in [0.2, 0.25) is 0 Å². The smallest absolute Gasteiger partial charge is 0.243 e. The summed E-state index contributed by atoms with van der Waals surface area (Å²) in [6.07, 6.45) is 5.14. The largest absolute Gasteiger partial charge is 0.497 e. The van der Waals surface area contributed by atoms with Crippen LogP contribution in [0.15, 0.2) is 35.2 Å². The van der Waals surface area contributed by atoms with Gasteiger partial charge in [-0.3, -0.25) is 0 Å². The zero-order chi connectivity index (χ0) is 14.6. The molecule has 1 aromatic carbocycles. The third-order valence-corrected chi connectivity index (χ3v) is 5.29. The molecule has 0 fully saturated rings. The van der Waals surface area contributed by atoms with Gasteiger partial charge in [0.15, 0.2) is 0 Å². The molecule has 2 rings (SSSR count). The Morgan fingerprint density at radius 2 is 2.15 bits per heavy atom. The van der Waals surface area contributed by atoms with Gasteiger partial charge in [0.1, 0.15) is 5.75 Å². The summed E-state index contributed by atoms with van der Waals surface area (Å²) >= 11 is 0. The van der Waals surface area contributed by atoms with Crippen LogP contribution in [0.4, 0.5) is 0 Å². The lowest BCUT2D eigenvalue weighted by Crippen LogP contribution is -2.34. The van der Waals surface area contributed by atoms with Crippen LogP contribution >= 0.6 is 0 Å². The molecule has 110 valence electrons. The van der Waals surface area contributed by atoms with Crippen LogP contribution in [0.1, 0.15) is 12.0 Å². The maximum absolute atomic E-state index is 12.7. The minimum absolute atomic E-state index is 0.332. The Morgan fingerprint density at radius 1 is 1.35 bits per heavy atom. The molecule has 0 aliphatic carbocycles. The molecule has 0 amide bonds. The fourth-order valence-corrected chi connectivity index (χ4v) is 3.90. The fourth-order valence-electron chi connectivity index (χ4n) is 2.26. The van der Waals surface area contributed by atoms with Crippen molar-refractivity contribution in [3.05, 3.63) is 35.9 Å². The van der Waals surface area contributed by atoms with Crippen molar-refractivity contribution >= 4 is 10.0 Å². The molecule has 1 aliphatic rings. The molecule has 1 heterocycles. The van der Waals surface area contributed by atoms with E-state index in [1.807, 2.05) is 12.2 Å². The van der Waals surface area contributed by atoms with E-state index >= 15 is 0 Å². The molecule has 0 atom stereocenters. The number of nitrogens with two attached hydrogens (primary N) is 1. The van der Waals surface area contributed by atoms with Crippen LogP contribution in [0.25, 0.3) is 0 Å². The van der Waals surface area contributed by atoms with Crippen molar-refractivity contribution in [2.24, 2.45) is 5.73 Å². The van der Waals surface area contributed by atoms with Gasteiger partial charge < -0.3 is 10.5 Å². The normalized spacial score (nSPS) is 16.3. The second-order valence-electron chi connectivity index (χ2n) is 4.64. The van der Waals surface area contributed by atoms with Gasteiger partial charge in [0, 0.05) is 13.1 Å². The molecular weight excluding hydrogens is 276 g/mol. The van der Waals surface area contributed by atoms with E-state index in [1.165, 1.54) is 4.31 Å². The maximum atomic E-state index is 12.7. The summed E-state index contributed by atoms with van der Waals surface area (Å²) < 4.78 is 32.0. The first-order chi connectivity index (χ1) is 9.59. The topological polar surface area (TPSA) is 72.6 Å². The van der Waals surface area contributed by atoms with E-state index in [1.54, 1.807) is 25.3 Å². The van der Waals surface area contributed by atoms with Crippen LogP contribution in [0, 0.1) is 0 Å². The Hall–Kier alpha value is -1.37. The first-order valence-electron chi connectivity index (χ1n) is 6.61. The zero-order valence-electron chi connectivity index (χ0n) is 11.6. The van der Waals surface area contributed by atoms with Crippen molar-refractivity contribution in [3.8, 4) is 5.75 Å². The van der Waals surface area contributed by atoms with Gasteiger partial charge in [-0.2, -0.15) is 4.31 Å². The van der Waals surface area contributed by atoms with Crippen LogP contribution in [-0.2, 0) is 16.4 Å². The van der Waals surface area contributed by atoms with Crippen LogP contribution in [-0.4, -0.2) is 39.5 Å². The highest BCUT2D eigenvalue weighted by Gasteiger charge is 2.26. The second-order valence-corrected chi connectivity index (χ2v) is 6.54. The van der Waals surface area contributed by atoms with Crippen LogP contribution < -0.4 is 10.5 Å². The fraction of sp³-hybridized carbons (Fsp3) is 0.429. The molecule has 6 heteroatoms. The number of sulfonamides is 1.